The van der Waals surface area contributed by atoms with Crippen LogP contribution in [0.15, 0.2) is 47.0 Å². The van der Waals surface area contributed by atoms with Gasteiger partial charge in [0, 0.05) is 22.2 Å². The van der Waals surface area contributed by atoms with Crippen LogP contribution in [0.5, 0.6) is 0 Å². The summed E-state index contributed by atoms with van der Waals surface area (Å²) in [5, 5.41) is 8.69. The van der Waals surface area contributed by atoms with Crippen LogP contribution < -0.4 is 5.32 Å². The van der Waals surface area contributed by atoms with E-state index < -0.39 is 0 Å². The number of nitrogens with one attached hydrogen (secondary N) is 1. The Labute approximate surface area is 144 Å². The molecule has 0 atom stereocenters. The lowest BCUT2D eigenvalue weighted by Gasteiger charge is -2.11. The van der Waals surface area contributed by atoms with Gasteiger partial charge >= 0.3 is 0 Å². The van der Waals surface area contributed by atoms with Crippen molar-refractivity contribution in [1.29, 1.82) is 0 Å². The first-order chi connectivity index (χ1) is 11.7. The van der Waals surface area contributed by atoms with Gasteiger partial charge in [-0.2, -0.15) is 0 Å². The van der Waals surface area contributed by atoms with Crippen molar-refractivity contribution >= 4 is 28.4 Å². The van der Waals surface area contributed by atoms with Crippen LogP contribution >= 0.6 is 11.6 Å². The molecule has 0 unspecified atom stereocenters. The van der Waals surface area contributed by atoms with Crippen LogP contribution in [0, 0.1) is 0 Å². The smallest absolute Gasteiger partial charge is 0.251 e. The maximum Gasteiger partial charge on any atom is 0.251 e. The Morgan fingerprint density at radius 3 is 2.62 bits per heavy atom. The number of carbonyl (C=O) groups excluding carboxylic acids is 1. The number of benzene rings is 2. The quantitative estimate of drug-likeness (QED) is 0.743. The Morgan fingerprint density at radius 2 is 1.88 bits per heavy atom. The van der Waals surface area contributed by atoms with Crippen LogP contribution in [-0.2, 0) is 0 Å². The molecule has 1 aliphatic carbocycles. The molecule has 5 heteroatoms. The Bertz CT molecular complexity index is 880. The lowest BCUT2D eigenvalue weighted by atomic mass is 10.1. The van der Waals surface area contributed by atoms with Gasteiger partial charge in [0.25, 0.3) is 5.91 Å². The first kappa shape index (κ1) is 15.2. The molecule has 4 rings (SSSR count). The van der Waals surface area contributed by atoms with Gasteiger partial charge in [-0.1, -0.05) is 29.6 Å². The van der Waals surface area contributed by atoms with Crippen LogP contribution in [0.25, 0.3) is 22.2 Å². The Hall–Kier alpha value is -2.33. The van der Waals surface area contributed by atoms with Crippen LogP contribution in [0.1, 0.15) is 36.0 Å². The molecule has 1 amide bonds. The number of carbonyl (C=O) groups is 1. The third-order valence-electron chi connectivity index (χ3n) is 4.54. The summed E-state index contributed by atoms with van der Waals surface area (Å²) in [5.41, 5.74) is 2.25. The van der Waals surface area contributed by atoms with E-state index in [0.717, 1.165) is 29.3 Å². The summed E-state index contributed by atoms with van der Waals surface area (Å²) in [5.74, 6) is 0.615. The van der Waals surface area contributed by atoms with Gasteiger partial charge in [0.2, 0.25) is 0 Å². The third-order valence-corrected chi connectivity index (χ3v) is 4.79. The van der Waals surface area contributed by atoms with E-state index in [1.165, 1.54) is 12.8 Å². The van der Waals surface area contributed by atoms with Crippen molar-refractivity contribution in [3.63, 3.8) is 0 Å². The third kappa shape index (κ3) is 2.89. The summed E-state index contributed by atoms with van der Waals surface area (Å²) in [6.45, 7) is 0. The summed E-state index contributed by atoms with van der Waals surface area (Å²) in [6.07, 6.45) is 4.52. The van der Waals surface area contributed by atoms with Crippen LogP contribution in [0.3, 0.4) is 0 Å². The van der Waals surface area contributed by atoms with Crippen molar-refractivity contribution < 1.29 is 9.32 Å². The van der Waals surface area contributed by atoms with Crippen molar-refractivity contribution in [1.82, 2.24) is 10.5 Å². The first-order valence-electron chi connectivity index (χ1n) is 8.17. The molecular weight excluding hydrogens is 324 g/mol. The second kappa shape index (κ2) is 6.29. The molecule has 4 nitrogen and oxygen atoms in total. The molecule has 0 spiro atoms. The zero-order chi connectivity index (χ0) is 16.5. The topological polar surface area (TPSA) is 55.1 Å². The van der Waals surface area contributed by atoms with Gasteiger partial charge in [-0.05, 0) is 55.3 Å². The lowest BCUT2D eigenvalue weighted by Crippen LogP contribution is -2.32. The molecule has 0 aliphatic heterocycles. The summed E-state index contributed by atoms with van der Waals surface area (Å²) in [7, 11) is 0. The Kier molecular flexibility index (Phi) is 3.98. The van der Waals surface area contributed by atoms with Gasteiger partial charge < -0.3 is 9.84 Å². The highest BCUT2D eigenvalue weighted by molar-refractivity contribution is 6.30. The molecule has 24 heavy (non-hydrogen) atoms. The van der Waals surface area contributed by atoms with Crippen molar-refractivity contribution in [3.05, 3.63) is 53.1 Å². The molecule has 0 radical (unpaired) electrons. The molecule has 122 valence electrons. The standard InChI is InChI=1S/C19H17ClN2O2/c20-14-8-5-12(6-9-14)18-16-11-13(7-10-17(16)22-24-18)19(23)21-15-3-1-2-4-15/h5-11,15H,1-4H2,(H,21,23). The molecule has 3 aromatic rings. The van der Waals surface area contributed by atoms with E-state index in [-0.39, 0.29) is 5.91 Å². The molecule has 1 heterocycles. The lowest BCUT2D eigenvalue weighted by molar-refractivity contribution is 0.0938. The average Bonchev–Trinajstić information content (AvgIpc) is 3.24. The van der Waals surface area contributed by atoms with Crippen LogP contribution in [-0.4, -0.2) is 17.1 Å². The summed E-state index contributed by atoms with van der Waals surface area (Å²) in [6, 6.07) is 13.1. The van der Waals surface area contributed by atoms with E-state index in [1.54, 1.807) is 6.07 Å². The van der Waals surface area contributed by atoms with E-state index in [1.807, 2.05) is 36.4 Å². The van der Waals surface area contributed by atoms with Crippen molar-refractivity contribution in [2.75, 3.05) is 0 Å². The highest BCUT2D eigenvalue weighted by Gasteiger charge is 2.19. The molecule has 1 aliphatic rings. The molecule has 1 fully saturated rings. The molecular formula is C19H17ClN2O2. The van der Waals surface area contributed by atoms with Crippen molar-refractivity contribution in [3.8, 4) is 11.3 Å². The number of fused-ring (bicyclic) bond motifs is 1. The van der Waals surface area contributed by atoms with Crippen molar-refractivity contribution in [2.45, 2.75) is 31.7 Å². The van der Waals surface area contributed by atoms with Crippen LogP contribution in [0.4, 0.5) is 0 Å². The summed E-state index contributed by atoms with van der Waals surface area (Å²) < 4.78 is 5.48. The number of halogens is 1. The van der Waals surface area contributed by atoms with Crippen molar-refractivity contribution in [2.24, 2.45) is 0 Å². The highest BCUT2D eigenvalue weighted by atomic mass is 35.5. The molecule has 1 N–H and O–H groups in total. The van der Waals surface area contributed by atoms with E-state index in [4.69, 9.17) is 16.1 Å². The normalized spacial score (nSPS) is 15.0. The number of aromatic nitrogens is 1. The van der Waals surface area contributed by atoms with Gasteiger partial charge in [-0.3, -0.25) is 4.79 Å². The van der Waals surface area contributed by atoms with Gasteiger partial charge in [0.05, 0.1) is 5.39 Å². The van der Waals surface area contributed by atoms with Gasteiger partial charge in [0.15, 0.2) is 5.76 Å². The second-order valence-corrected chi connectivity index (χ2v) is 6.64. The molecule has 1 saturated carbocycles. The fourth-order valence-corrected chi connectivity index (χ4v) is 3.36. The maximum atomic E-state index is 12.5. The SMILES string of the molecule is O=C(NC1CCCC1)c1ccc2noc(-c3ccc(Cl)cc3)c2c1. The largest absolute Gasteiger partial charge is 0.355 e. The second-order valence-electron chi connectivity index (χ2n) is 6.21. The van der Waals surface area contributed by atoms with Gasteiger partial charge in [-0.25, -0.2) is 0 Å². The average molecular weight is 341 g/mol. The number of nitrogens with zero attached hydrogens (tertiary/aromatic N) is 1. The Morgan fingerprint density at radius 1 is 1.12 bits per heavy atom. The van der Waals surface area contributed by atoms with E-state index >= 15 is 0 Å². The fourth-order valence-electron chi connectivity index (χ4n) is 3.23. The van der Waals surface area contributed by atoms with Crippen LogP contribution in [0.2, 0.25) is 5.02 Å². The zero-order valence-corrected chi connectivity index (χ0v) is 13.8. The van der Waals surface area contributed by atoms with E-state index in [2.05, 4.69) is 10.5 Å². The predicted molar refractivity (Wildman–Crippen MR) is 94.2 cm³/mol. The summed E-state index contributed by atoms with van der Waals surface area (Å²) in [4.78, 5) is 12.5. The van der Waals surface area contributed by atoms with Gasteiger partial charge in [0.1, 0.15) is 5.52 Å². The number of hydrogen-bond acceptors (Lipinski definition) is 3. The number of amides is 1. The predicted octanol–water partition coefficient (Wildman–Crippen LogP) is 4.82. The minimum atomic E-state index is -0.0351. The maximum absolute atomic E-state index is 12.5. The van der Waals surface area contributed by atoms with E-state index in [0.29, 0.717) is 22.4 Å². The fraction of sp³-hybridized carbons (Fsp3) is 0.263. The zero-order valence-electron chi connectivity index (χ0n) is 13.1. The highest BCUT2D eigenvalue weighted by Crippen LogP contribution is 2.30. The minimum absolute atomic E-state index is 0.0351. The number of hydrogen-bond donors (Lipinski definition) is 1. The first-order valence-corrected chi connectivity index (χ1v) is 8.55. The monoisotopic (exact) mass is 340 g/mol. The Balaban J connectivity index is 1.67. The molecule has 2 aromatic carbocycles. The minimum Gasteiger partial charge on any atom is -0.355 e. The van der Waals surface area contributed by atoms with Gasteiger partial charge in [-0.15, -0.1) is 0 Å². The molecule has 0 saturated heterocycles. The molecule has 0 bridgehead atoms. The summed E-state index contributed by atoms with van der Waals surface area (Å²) >= 11 is 5.94. The van der Waals surface area contributed by atoms with E-state index in [9.17, 15) is 4.79 Å². The number of rotatable bonds is 3. The molecule has 1 aromatic heterocycles.